The number of halogens is 3. The van der Waals surface area contributed by atoms with Crippen molar-refractivity contribution in [1.29, 1.82) is 0 Å². The van der Waals surface area contributed by atoms with Gasteiger partial charge in [-0.25, -0.2) is 0 Å². The average molecular weight is 623 g/mol. The molecule has 1 heterocycles. The van der Waals surface area contributed by atoms with Crippen LogP contribution in [-0.2, 0) is 54.8 Å². The van der Waals surface area contributed by atoms with E-state index in [2.05, 4.69) is 0 Å². The fraction of sp³-hybridized carbons (Fsp3) is 0.333. The molecule has 9 heteroatoms. The summed E-state index contributed by atoms with van der Waals surface area (Å²) in [5, 5.41) is 0. The summed E-state index contributed by atoms with van der Waals surface area (Å²) in [7, 11) is 0. The molecule has 45 heavy (non-hydrogen) atoms. The van der Waals surface area contributed by atoms with Crippen molar-refractivity contribution in [2.45, 2.75) is 63.3 Å². The van der Waals surface area contributed by atoms with E-state index >= 15 is 0 Å². The van der Waals surface area contributed by atoms with E-state index in [1.807, 2.05) is 121 Å². The van der Waals surface area contributed by atoms with Crippen molar-refractivity contribution < 1.29 is 41.6 Å². The molecule has 0 unspecified atom stereocenters. The predicted octanol–water partition coefficient (Wildman–Crippen LogP) is 7.26. The van der Waals surface area contributed by atoms with Crippen molar-refractivity contribution in [1.82, 2.24) is 0 Å². The van der Waals surface area contributed by atoms with Gasteiger partial charge < -0.3 is 28.4 Å². The van der Waals surface area contributed by atoms with E-state index in [1.54, 1.807) is 0 Å². The van der Waals surface area contributed by atoms with E-state index in [-0.39, 0.29) is 33.0 Å². The van der Waals surface area contributed by atoms with Crippen LogP contribution in [-0.4, -0.2) is 50.1 Å². The molecule has 0 aliphatic carbocycles. The van der Waals surface area contributed by atoms with Crippen molar-refractivity contribution in [3.8, 4) is 0 Å². The van der Waals surface area contributed by atoms with Crippen molar-refractivity contribution >= 4 is 0 Å². The molecular weight excluding hydrogens is 585 g/mol. The number of benzene rings is 4. The third-order valence-corrected chi connectivity index (χ3v) is 7.25. The molecule has 0 bridgehead atoms. The van der Waals surface area contributed by atoms with Crippen LogP contribution in [0, 0.1) is 0 Å². The van der Waals surface area contributed by atoms with Crippen LogP contribution in [0.5, 0.6) is 0 Å². The molecule has 0 N–H and O–H groups in total. The highest BCUT2D eigenvalue weighted by atomic mass is 19.4. The Balaban J connectivity index is 1.43. The van der Waals surface area contributed by atoms with Gasteiger partial charge in [0, 0.05) is 0 Å². The summed E-state index contributed by atoms with van der Waals surface area (Å²) < 4.78 is 77.2. The molecule has 0 spiro atoms. The Morgan fingerprint density at radius 3 is 1.33 bits per heavy atom. The Labute approximate surface area is 261 Å². The van der Waals surface area contributed by atoms with Gasteiger partial charge in [0.1, 0.15) is 31.0 Å². The fourth-order valence-electron chi connectivity index (χ4n) is 5.06. The van der Waals surface area contributed by atoms with Crippen LogP contribution in [0.4, 0.5) is 13.2 Å². The van der Waals surface area contributed by atoms with E-state index < -0.39 is 43.5 Å². The second kappa shape index (κ2) is 16.7. The van der Waals surface area contributed by atoms with Gasteiger partial charge in [-0.1, -0.05) is 121 Å². The minimum Gasteiger partial charge on any atom is -0.374 e. The van der Waals surface area contributed by atoms with Crippen LogP contribution >= 0.6 is 0 Å². The Kier molecular flexibility index (Phi) is 12.1. The number of rotatable bonds is 15. The largest absolute Gasteiger partial charge is 0.411 e. The lowest BCUT2D eigenvalue weighted by atomic mass is 9.97. The minimum atomic E-state index is -4.58. The van der Waals surface area contributed by atoms with Crippen LogP contribution in [0.25, 0.3) is 0 Å². The molecule has 1 aliphatic heterocycles. The molecular formula is C36H37F3O6. The van der Waals surface area contributed by atoms with E-state index in [4.69, 9.17) is 28.4 Å². The zero-order chi connectivity index (χ0) is 31.3. The van der Waals surface area contributed by atoms with Crippen LogP contribution < -0.4 is 0 Å². The van der Waals surface area contributed by atoms with Gasteiger partial charge in [-0.15, -0.1) is 0 Å². The summed E-state index contributed by atoms with van der Waals surface area (Å²) in [5.41, 5.74) is 3.59. The summed E-state index contributed by atoms with van der Waals surface area (Å²) in [6.07, 6.45) is -9.49. The van der Waals surface area contributed by atoms with E-state index in [0.717, 1.165) is 22.3 Å². The Bertz CT molecular complexity index is 1380. The zero-order valence-electron chi connectivity index (χ0n) is 24.8. The molecule has 0 radical (unpaired) electrons. The first-order valence-corrected chi connectivity index (χ1v) is 14.9. The molecule has 1 saturated heterocycles. The maximum absolute atomic E-state index is 13.4. The molecule has 1 aliphatic rings. The third-order valence-electron chi connectivity index (χ3n) is 7.25. The van der Waals surface area contributed by atoms with Crippen molar-refractivity contribution in [3.05, 3.63) is 144 Å². The van der Waals surface area contributed by atoms with Crippen LogP contribution in [0.15, 0.2) is 121 Å². The van der Waals surface area contributed by atoms with Crippen molar-refractivity contribution in [2.75, 3.05) is 13.2 Å². The third kappa shape index (κ3) is 10.5. The quantitative estimate of drug-likeness (QED) is 0.139. The van der Waals surface area contributed by atoms with Crippen LogP contribution in [0.3, 0.4) is 0 Å². The van der Waals surface area contributed by atoms with Gasteiger partial charge in [0.2, 0.25) is 0 Å². The highest BCUT2D eigenvalue weighted by Gasteiger charge is 2.50. The highest BCUT2D eigenvalue weighted by Crippen LogP contribution is 2.32. The van der Waals surface area contributed by atoms with Gasteiger partial charge in [-0.2, -0.15) is 13.2 Å². The maximum atomic E-state index is 13.4. The lowest BCUT2D eigenvalue weighted by Crippen LogP contribution is -2.62. The molecule has 0 amide bonds. The minimum absolute atomic E-state index is 0.0246. The number of ether oxygens (including phenoxy) is 6. The van der Waals surface area contributed by atoms with Gasteiger partial charge in [0.25, 0.3) is 0 Å². The number of hydrogen-bond donors (Lipinski definition) is 0. The summed E-state index contributed by atoms with van der Waals surface area (Å²) in [6, 6.07) is 38.1. The van der Waals surface area contributed by atoms with E-state index in [1.165, 1.54) is 0 Å². The summed E-state index contributed by atoms with van der Waals surface area (Å²) in [6.45, 7) is -0.714. The molecule has 4 aromatic carbocycles. The SMILES string of the molecule is FC(F)(F)CO[C@@H]1O[C@H](COCc2ccccc2)[C@@H](OCc2ccccc2)[C@H](OCc2ccccc2)[C@H]1OCc1ccccc1. The van der Waals surface area contributed by atoms with Gasteiger partial charge in [0.15, 0.2) is 6.29 Å². The average Bonchev–Trinajstić information content (AvgIpc) is 3.06. The normalized spacial score (nSPS) is 21.9. The first-order chi connectivity index (χ1) is 21.9. The second-order valence-corrected chi connectivity index (χ2v) is 10.8. The van der Waals surface area contributed by atoms with E-state index in [9.17, 15) is 13.2 Å². The van der Waals surface area contributed by atoms with Gasteiger partial charge in [-0.3, -0.25) is 0 Å². The van der Waals surface area contributed by atoms with E-state index in [0.29, 0.717) is 0 Å². The highest BCUT2D eigenvalue weighted by molar-refractivity contribution is 5.16. The lowest BCUT2D eigenvalue weighted by molar-refractivity contribution is -0.341. The second-order valence-electron chi connectivity index (χ2n) is 10.8. The Morgan fingerprint density at radius 1 is 0.489 bits per heavy atom. The van der Waals surface area contributed by atoms with Gasteiger partial charge >= 0.3 is 6.18 Å². The molecule has 1 fully saturated rings. The van der Waals surface area contributed by atoms with Gasteiger partial charge in [-0.05, 0) is 22.3 Å². The molecule has 5 rings (SSSR count). The monoisotopic (exact) mass is 622 g/mol. The fourth-order valence-corrected chi connectivity index (χ4v) is 5.06. The van der Waals surface area contributed by atoms with Crippen molar-refractivity contribution in [3.63, 3.8) is 0 Å². The first kappa shape index (κ1) is 32.8. The predicted molar refractivity (Wildman–Crippen MR) is 162 cm³/mol. The first-order valence-electron chi connectivity index (χ1n) is 14.9. The smallest absolute Gasteiger partial charge is 0.374 e. The summed E-state index contributed by atoms with van der Waals surface area (Å²) in [5.74, 6) is 0. The number of hydrogen-bond acceptors (Lipinski definition) is 6. The standard InChI is InChI=1S/C36H37F3O6/c37-36(38,39)26-44-35-34(43-24-30-19-11-4-12-20-30)33(42-23-29-17-9-3-10-18-29)32(41-22-28-15-7-2-8-16-28)31(45-35)25-40-21-27-13-5-1-6-14-27/h1-20,31-35H,21-26H2/t31-,32-,33+,34-,35-/m1/s1. The van der Waals surface area contributed by atoms with Gasteiger partial charge in [0.05, 0.1) is 33.0 Å². The zero-order valence-corrected chi connectivity index (χ0v) is 24.8. The molecule has 0 saturated carbocycles. The molecule has 4 aromatic rings. The van der Waals surface area contributed by atoms with Crippen LogP contribution in [0.1, 0.15) is 22.3 Å². The van der Waals surface area contributed by atoms with Crippen LogP contribution in [0.2, 0.25) is 0 Å². The molecule has 238 valence electrons. The maximum Gasteiger partial charge on any atom is 0.411 e. The Morgan fingerprint density at radius 2 is 0.889 bits per heavy atom. The van der Waals surface area contributed by atoms with Crippen molar-refractivity contribution in [2.24, 2.45) is 0 Å². The molecule has 6 nitrogen and oxygen atoms in total. The number of alkyl halides is 3. The lowest BCUT2D eigenvalue weighted by Gasteiger charge is -2.46. The topological polar surface area (TPSA) is 55.4 Å². The summed E-state index contributed by atoms with van der Waals surface area (Å²) in [4.78, 5) is 0. The molecule has 5 atom stereocenters. The molecule has 0 aromatic heterocycles. The summed E-state index contributed by atoms with van der Waals surface area (Å²) >= 11 is 0. The Hall–Kier alpha value is -3.57.